The number of hydrogen-bond donors (Lipinski definition) is 5. The van der Waals surface area contributed by atoms with Crippen molar-refractivity contribution in [2.75, 3.05) is 13.7 Å². The highest BCUT2D eigenvalue weighted by Crippen LogP contribution is 2.75. The van der Waals surface area contributed by atoms with Crippen LogP contribution in [-0.4, -0.2) is 87.8 Å². The standard InChI is InChI=1S/C37H62O8/c1-21(11-10-15-33(2,3)43-9)22-14-16-37(8)31-25(44-32-30(42)29(41)28(40)26(20-38)45-32)19-24-23(12-13-27(39)34(24,4)5)35(31,6)17-18-36(22,37)7/h10,15,19,21-23,25-32,38-42H,11-14,16-18,20H2,1-9H3/b15-10+/t21-,22-,23-,25+,26-,27+,28-,29+,30-,31-,32-,35+,36-,37+/m1/s1. The zero-order valence-electron chi connectivity index (χ0n) is 29.2. The molecule has 45 heavy (non-hydrogen) atoms. The van der Waals surface area contributed by atoms with Gasteiger partial charge in [-0.3, -0.25) is 0 Å². The molecule has 0 spiro atoms. The van der Waals surface area contributed by atoms with E-state index in [1.807, 2.05) is 0 Å². The molecule has 8 heteroatoms. The summed E-state index contributed by atoms with van der Waals surface area (Å²) in [6, 6.07) is 0. The Morgan fingerprint density at radius 1 is 0.956 bits per heavy atom. The van der Waals surface area contributed by atoms with Gasteiger partial charge in [0.2, 0.25) is 0 Å². The summed E-state index contributed by atoms with van der Waals surface area (Å²) >= 11 is 0. The van der Waals surface area contributed by atoms with Crippen molar-refractivity contribution in [2.45, 2.75) is 149 Å². The molecule has 3 saturated carbocycles. The van der Waals surface area contributed by atoms with Crippen molar-refractivity contribution in [1.29, 1.82) is 0 Å². The van der Waals surface area contributed by atoms with Crippen molar-refractivity contribution in [2.24, 2.45) is 45.3 Å². The monoisotopic (exact) mass is 634 g/mol. The topological polar surface area (TPSA) is 129 Å². The molecule has 4 aliphatic carbocycles. The second-order valence-corrected chi connectivity index (χ2v) is 17.2. The fraction of sp³-hybridized carbons (Fsp3) is 0.892. The first-order valence-corrected chi connectivity index (χ1v) is 17.5. The molecule has 1 heterocycles. The van der Waals surface area contributed by atoms with E-state index in [1.54, 1.807) is 7.11 Å². The van der Waals surface area contributed by atoms with Crippen LogP contribution in [0.25, 0.3) is 0 Å². The van der Waals surface area contributed by atoms with E-state index in [1.165, 1.54) is 5.57 Å². The smallest absolute Gasteiger partial charge is 0.187 e. The molecule has 5 aliphatic rings. The Kier molecular flexibility index (Phi) is 9.65. The van der Waals surface area contributed by atoms with Gasteiger partial charge in [0.1, 0.15) is 24.4 Å². The van der Waals surface area contributed by atoms with E-state index in [-0.39, 0.29) is 27.8 Å². The molecule has 0 aromatic heterocycles. The quantitative estimate of drug-likeness (QED) is 0.242. The fourth-order valence-electron chi connectivity index (χ4n) is 10.9. The fourth-order valence-corrected chi connectivity index (χ4v) is 10.9. The molecule has 0 bridgehead atoms. The SMILES string of the molecule is COC(C)(C)/C=C/C[C@@H](C)[C@H]1CC[C@@]2(C)[C@@H]3[C@@H](O[C@@H]4O[C@H](CO)[C@@H](O)[C@H](O)[C@H]4O)C=C4[C@@H](CC[C@H](O)C4(C)C)[C@]3(C)CC[C@]12C. The summed E-state index contributed by atoms with van der Waals surface area (Å²) in [5.74, 6) is 1.45. The number of rotatable bonds is 8. The van der Waals surface area contributed by atoms with Gasteiger partial charge in [0, 0.05) is 18.4 Å². The van der Waals surface area contributed by atoms with Gasteiger partial charge in [-0.2, -0.15) is 0 Å². The molecule has 258 valence electrons. The number of hydrogen-bond acceptors (Lipinski definition) is 8. The zero-order chi connectivity index (χ0) is 33.3. The van der Waals surface area contributed by atoms with Gasteiger partial charge in [-0.05, 0) is 92.8 Å². The number of allylic oxidation sites excluding steroid dienone is 1. The Bertz CT molecular complexity index is 1130. The van der Waals surface area contributed by atoms with Crippen LogP contribution in [0.3, 0.4) is 0 Å². The van der Waals surface area contributed by atoms with E-state index in [2.05, 4.69) is 73.6 Å². The third kappa shape index (κ3) is 5.61. The second-order valence-electron chi connectivity index (χ2n) is 17.2. The lowest BCUT2D eigenvalue weighted by molar-refractivity contribution is -0.322. The molecular weight excluding hydrogens is 572 g/mol. The van der Waals surface area contributed by atoms with Crippen molar-refractivity contribution >= 4 is 0 Å². The van der Waals surface area contributed by atoms with Crippen LogP contribution in [0.5, 0.6) is 0 Å². The second kappa shape index (κ2) is 12.2. The van der Waals surface area contributed by atoms with E-state index < -0.39 is 54.9 Å². The van der Waals surface area contributed by atoms with Crippen molar-refractivity contribution in [3.05, 3.63) is 23.8 Å². The molecule has 0 unspecified atom stereocenters. The first-order chi connectivity index (χ1) is 20.9. The van der Waals surface area contributed by atoms with Crippen LogP contribution < -0.4 is 0 Å². The predicted octanol–water partition coefficient (Wildman–Crippen LogP) is 4.75. The van der Waals surface area contributed by atoms with E-state index in [4.69, 9.17) is 14.2 Å². The molecule has 5 rings (SSSR count). The highest BCUT2D eigenvalue weighted by atomic mass is 16.7. The van der Waals surface area contributed by atoms with Crippen LogP contribution in [0.2, 0.25) is 0 Å². The highest BCUT2D eigenvalue weighted by Gasteiger charge is 2.70. The number of ether oxygens (including phenoxy) is 3. The molecule has 0 amide bonds. The number of methoxy groups -OCH3 is 1. The average molecular weight is 635 g/mol. The highest BCUT2D eigenvalue weighted by molar-refractivity contribution is 5.33. The normalized spacial score (nSPS) is 48.8. The Labute approximate surface area is 271 Å². The third-order valence-corrected chi connectivity index (χ3v) is 14.2. The number of aliphatic hydroxyl groups is 5. The molecule has 4 fully saturated rings. The van der Waals surface area contributed by atoms with E-state index in [0.29, 0.717) is 17.8 Å². The Morgan fingerprint density at radius 3 is 2.29 bits per heavy atom. The van der Waals surface area contributed by atoms with E-state index >= 15 is 0 Å². The lowest BCUT2D eigenvalue weighted by atomic mass is 9.38. The molecule has 14 atom stereocenters. The minimum atomic E-state index is -1.50. The number of aliphatic hydroxyl groups excluding tert-OH is 5. The summed E-state index contributed by atoms with van der Waals surface area (Å²) in [5, 5.41) is 53.2. The molecule has 0 aromatic rings. The van der Waals surface area contributed by atoms with E-state index in [0.717, 1.165) is 44.9 Å². The minimum absolute atomic E-state index is 0.0627. The van der Waals surface area contributed by atoms with Gasteiger partial charge in [-0.25, -0.2) is 0 Å². The summed E-state index contributed by atoms with van der Waals surface area (Å²) < 4.78 is 18.4. The van der Waals surface area contributed by atoms with Gasteiger partial charge in [0.05, 0.1) is 24.4 Å². The maximum Gasteiger partial charge on any atom is 0.187 e. The van der Waals surface area contributed by atoms with Gasteiger partial charge in [0.15, 0.2) is 6.29 Å². The van der Waals surface area contributed by atoms with Crippen molar-refractivity contribution in [1.82, 2.24) is 0 Å². The van der Waals surface area contributed by atoms with Crippen molar-refractivity contribution in [3.8, 4) is 0 Å². The molecule has 1 aliphatic heterocycles. The van der Waals surface area contributed by atoms with Crippen LogP contribution >= 0.6 is 0 Å². The molecule has 8 nitrogen and oxygen atoms in total. The number of fused-ring (bicyclic) bond motifs is 5. The van der Waals surface area contributed by atoms with Crippen LogP contribution in [0.15, 0.2) is 23.8 Å². The van der Waals surface area contributed by atoms with Gasteiger partial charge >= 0.3 is 0 Å². The molecular formula is C37H62O8. The van der Waals surface area contributed by atoms with E-state index in [9.17, 15) is 25.5 Å². The summed E-state index contributed by atoms with van der Waals surface area (Å²) in [6.07, 6.45) is 6.25. The van der Waals surface area contributed by atoms with Crippen LogP contribution in [0.4, 0.5) is 0 Å². The predicted molar refractivity (Wildman–Crippen MR) is 173 cm³/mol. The summed E-state index contributed by atoms with van der Waals surface area (Å²) in [5.41, 5.74) is 0.390. The Hall–Kier alpha value is -0.840. The van der Waals surface area contributed by atoms with Crippen molar-refractivity contribution < 1.29 is 39.7 Å². The average Bonchev–Trinajstić information content (AvgIpc) is 3.26. The maximum absolute atomic E-state index is 11.2. The van der Waals surface area contributed by atoms with Gasteiger partial charge in [0.25, 0.3) is 0 Å². The Morgan fingerprint density at radius 2 is 1.64 bits per heavy atom. The molecule has 1 saturated heterocycles. The van der Waals surface area contributed by atoms with Crippen LogP contribution in [0, 0.1) is 45.3 Å². The lowest BCUT2D eigenvalue weighted by Gasteiger charge is -2.67. The van der Waals surface area contributed by atoms with Gasteiger partial charge in [-0.1, -0.05) is 65.3 Å². The molecule has 0 radical (unpaired) electrons. The minimum Gasteiger partial charge on any atom is -0.394 e. The van der Waals surface area contributed by atoms with Crippen LogP contribution in [-0.2, 0) is 14.2 Å². The zero-order valence-corrected chi connectivity index (χ0v) is 29.2. The summed E-state index contributed by atoms with van der Waals surface area (Å²) in [6.45, 7) is 17.7. The first kappa shape index (κ1) is 35.5. The summed E-state index contributed by atoms with van der Waals surface area (Å²) in [7, 11) is 1.75. The first-order valence-electron chi connectivity index (χ1n) is 17.5. The van der Waals surface area contributed by atoms with Gasteiger partial charge in [-0.15, -0.1) is 0 Å². The molecule has 0 aromatic carbocycles. The summed E-state index contributed by atoms with van der Waals surface area (Å²) in [4.78, 5) is 0. The van der Waals surface area contributed by atoms with Gasteiger partial charge < -0.3 is 39.7 Å². The third-order valence-electron chi connectivity index (χ3n) is 14.2. The largest absolute Gasteiger partial charge is 0.394 e. The lowest BCUT2D eigenvalue weighted by Crippen LogP contribution is -2.65. The van der Waals surface area contributed by atoms with Crippen LogP contribution in [0.1, 0.15) is 100 Å². The Balaban J connectivity index is 1.53. The molecule has 5 N–H and O–H groups in total. The van der Waals surface area contributed by atoms with Crippen molar-refractivity contribution in [3.63, 3.8) is 0 Å². The maximum atomic E-state index is 11.2.